The van der Waals surface area contributed by atoms with Crippen molar-refractivity contribution in [2.75, 3.05) is 0 Å². The summed E-state index contributed by atoms with van der Waals surface area (Å²) in [7, 11) is 0. The Morgan fingerprint density at radius 1 is 0.538 bits per heavy atom. The molecular weight excluding hydrogens is 629 g/mol. The Balaban J connectivity index is 0.928. The first-order valence-electron chi connectivity index (χ1n) is 18.6. The van der Waals surface area contributed by atoms with E-state index in [9.17, 15) is 0 Å². The molecule has 2 heterocycles. The Morgan fingerprint density at radius 3 is 1.37 bits per heavy atom. The summed E-state index contributed by atoms with van der Waals surface area (Å²) < 4.78 is 4.76. The molecule has 2 nitrogen and oxygen atoms in total. The minimum Gasteiger partial charge on any atom is -0.310 e. The second-order valence-electron chi connectivity index (χ2n) is 14.2. The minimum atomic E-state index is 0.905. The van der Waals surface area contributed by atoms with Gasteiger partial charge in [0, 0.05) is 34.2 Å². The molecule has 0 saturated carbocycles. The number of hydrogen-bond donors (Lipinski definition) is 0. The van der Waals surface area contributed by atoms with Crippen LogP contribution in [0.3, 0.4) is 0 Å². The van der Waals surface area contributed by atoms with Crippen LogP contribution in [0.4, 0.5) is 0 Å². The molecule has 0 amide bonds. The zero-order chi connectivity index (χ0) is 35.6. The van der Waals surface area contributed by atoms with Gasteiger partial charge in [0.2, 0.25) is 0 Å². The second kappa shape index (κ2) is 14.4. The Labute approximate surface area is 309 Å². The van der Waals surface area contributed by atoms with E-state index in [-0.39, 0.29) is 0 Å². The van der Waals surface area contributed by atoms with Gasteiger partial charge in [-0.1, -0.05) is 110 Å². The Bertz CT molecular complexity index is 2350. The second-order valence-corrected chi connectivity index (χ2v) is 14.2. The third kappa shape index (κ3) is 6.31. The monoisotopic (exact) mass is 674 g/mol. The molecule has 8 rings (SSSR count). The molecule has 0 atom stereocenters. The Kier molecular flexibility index (Phi) is 9.22. The van der Waals surface area contributed by atoms with Gasteiger partial charge in [-0.25, -0.2) is 0 Å². The molecule has 2 heteroatoms. The van der Waals surface area contributed by atoms with Crippen molar-refractivity contribution in [2.45, 2.75) is 52.4 Å². The zero-order valence-corrected chi connectivity index (χ0v) is 30.4. The lowest BCUT2D eigenvalue weighted by atomic mass is 9.98. The lowest BCUT2D eigenvalue weighted by Gasteiger charge is -2.14. The maximum Gasteiger partial charge on any atom is 0.0494 e. The van der Waals surface area contributed by atoms with Crippen molar-refractivity contribution < 1.29 is 0 Å². The summed E-state index contributed by atoms with van der Waals surface area (Å²) in [4.78, 5) is 0. The third-order valence-electron chi connectivity index (χ3n) is 11.0. The average molecular weight is 675 g/mol. The fraction of sp³-hybridized carbons (Fsp3) is 0.160. The van der Waals surface area contributed by atoms with Gasteiger partial charge in [0.25, 0.3) is 0 Å². The van der Waals surface area contributed by atoms with E-state index in [2.05, 4.69) is 164 Å². The van der Waals surface area contributed by atoms with Gasteiger partial charge in [-0.2, -0.15) is 0 Å². The average Bonchev–Trinajstić information content (AvgIpc) is 3.64. The van der Waals surface area contributed by atoms with Gasteiger partial charge >= 0.3 is 0 Å². The molecule has 256 valence electrons. The molecule has 0 spiro atoms. The molecular formula is C50H46N2. The van der Waals surface area contributed by atoms with Crippen LogP contribution in [0.2, 0.25) is 0 Å². The van der Waals surface area contributed by atoms with Crippen molar-refractivity contribution in [1.29, 1.82) is 0 Å². The van der Waals surface area contributed by atoms with E-state index in [1.807, 2.05) is 18.2 Å². The molecule has 4 aromatic carbocycles. The van der Waals surface area contributed by atoms with Gasteiger partial charge in [-0.05, 0) is 157 Å². The number of nitrogens with zero attached hydrogens (tertiary/aromatic N) is 2. The molecule has 0 N–H and O–H groups in total. The van der Waals surface area contributed by atoms with E-state index in [0.29, 0.717) is 0 Å². The fourth-order valence-electron chi connectivity index (χ4n) is 8.17. The van der Waals surface area contributed by atoms with Crippen molar-refractivity contribution in [3.63, 3.8) is 0 Å². The van der Waals surface area contributed by atoms with Crippen LogP contribution in [0.5, 0.6) is 0 Å². The van der Waals surface area contributed by atoms with E-state index < -0.39 is 0 Å². The van der Waals surface area contributed by atoms with Crippen molar-refractivity contribution in [2.24, 2.45) is 0 Å². The highest BCUT2D eigenvalue weighted by atomic mass is 15.0. The zero-order valence-electron chi connectivity index (χ0n) is 30.4. The number of rotatable bonds is 10. The standard InChI is InChI=1S/C50H46N2/c1-5-7-14-48-36(4)46-13-9-11-16-50(46)52(48)44-31-23-40(24-32-44)34-38-19-27-42(28-20-38)41-25-17-37(18-26-41)33-39-21-29-43(30-22-39)51-47(6-2)35(3)45-12-8-10-15-49(45)51/h5-7,10-11,14-32H,1-2,8-9,12-13,33-34H2,3-4H3/b14-7-. The molecule has 0 bridgehead atoms. The molecule has 0 aliphatic heterocycles. The normalized spacial score (nSPS) is 13.3. The maximum atomic E-state index is 4.12. The summed E-state index contributed by atoms with van der Waals surface area (Å²) in [6, 6.07) is 36.2. The molecule has 2 aliphatic carbocycles. The number of benzene rings is 4. The smallest absolute Gasteiger partial charge is 0.0494 e. The number of fused-ring (bicyclic) bond motifs is 2. The predicted molar refractivity (Wildman–Crippen MR) is 223 cm³/mol. The molecule has 0 fully saturated rings. The van der Waals surface area contributed by atoms with Crippen molar-refractivity contribution in [1.82, 2.24) is 9.13 Å². The molecule has 2 aliphatic rings. The third-order valence-corrected chi connectivity index (χ3v) is 11.0. The highest BCUT2D eigenvalue weighted by Crippen LogP contribution is 2.34. The SMILES string of the molecule is C=C/C=C\c1c(C)c2c(n1-c1ccc(Cc3ccc(-c4ccc(Cc5ccc(-n6c(C=C)c(C)c7c6C=CCC7)cc5)cc4)cc3)cc1)C=CCC2. The first-order valence-corrected chi connectivity index (χ1v) is 18.6. The van der Waals surface area contributed by atoms with E-state index in [0.717, 1.165) is 38.5 Å². The summed E-state index contributed by atoms with van der Waals surface area (Å²) in [6.45, 7) is 12.5. The van der Waals surface area contributed by atoms with Crippen LogP contribution in [-0.4, -0.2) is 9.13 Å². The van der Waals surface area contributed by atoms with Crippen molar-refractivity contribution >= 4 is 24.3 Å². The maximum absolute atomic E-state index is 4.12. The minimum absolute atomic E-state index is 0.905. The van der Waals surface area contributed by atoms with Gasteiger partial charge in [0.15, 0.2) is 0 Å². The first-order chi connectivity index (χ1) is 25.5. The van der Waals surface area contributed by atoms with Gasteiger partial charge in [-0.3, -0.25) is 0 Å². The summed E-state index contributed by atoms with van der Waals surface area (Å²) >= 11 is 0. The lowest BCUT2D eigenvalue weighted by molar-refractivity contribution is 0.952. The van der Waals surface area contributed by atoms with Crippen LogP contribution < -0.4 is 0 Å². The largest absolute Gasteiger partial charge is 0.310 e. The van der Waals surface area contributed by atoms with Gasteiger partial charge in [-0.15, -0.1) is 0 Å². The molecule has 0 saturated heterocycles. The van der Waals surface area contributed by atoms with Crippen molar-refractivity contribution in [3.05, 3.63) is 202 Å². The molecule has 0 unspecified atom stereocenters. The van der Waals surface area contributed by atoms with Crippen LogP contribution in [0.25, 0.3) is 46.8 Å². The summed E-state index contributed by atoms with van der Waals surface area (Å²) in [6.07, 6.45) is 23.4. The number of allylic oxidation sites excluding steroid dienone is 4. The van der Waals surface area contributed by atoms with Crippen molar-refractivity contribution in [3.8, 4) is 22.5 Å². The number of hydrogen-bond acceptors (Lipinski definition) is 0. The van der Waals surface area contributed by atoms with E-state index in [1.54, 1.807) is 0 Å². The topological polar surface area (TPSA) is 9.86 Å². The summed E-state index contributed by atoms with van der Waals surface area (Å²) in [5, 5.41) is 0. The van der Waals surface area contributed by atoms with Crippen LogP contribution in [0.1, 0.15) is 80.1 Å². The van der Waals surface area contributed by atoms with Crippen LogP contribution in [-0.2, 0) is 25.7 Å². The van der Waals surface area contributed by atoms with E-state index >= 15 is 0 Å². The summed E-state index contributed by atoms with van der Waals surface area (Å²) in [5.74, 6) is 0. The molecule has 52 heavy (non-hydrogen) atoms. The van der Waals surface area contributed by atoms with Crippen LogP contribution >= 0.6 is 0 Å². The predicted octanol–water partition coefficient (Wildman–Crippen LogP) is 12.5. The van der Waals surface area contributed by atoms with Crippen LogP contribution in [0, 0.1) is 13.8 Å². The van der Waals surface area contributed by atoms with E-state index in [4.69, 9.17) is 0 Å². The van der Waals surface area contributed by atoms with Gasteiger partial charge in [0.1, 0.15) is 0 Å². The molecule has 2 aromatic heterocycles. The Hall–Kier alpha value is -5.86. The van der Waals surface area contributed by atoms with Gasteiger partial charge < -0.3 is 9.13 Å². The van der Waals surface area contributed by atoms with Gasteiger partial charge in [0.05, 0.1) is 0 Å². The highest BCUT2D eigenvalue weighted by molar-refractivity contribution is 5.70. The van der Waals surface area contributed by atoms with Crippen LogP contribution in [0.15, 0.2) is 135 Å². The molecule has 6 aromatic rings. The van der Waals surface area contributed by atoms with E-state index in [1.165, 1.54) is 89.8 Å². The first kappa shape index (κ1) is 33.3. The Morgan fingerprint density at radius 2 is 0.942 bits per heavy atom. The highest BCUT2D eigenvalue weighted by Gasteiger charge is 2.21. The summed E-state index contributed by atoms with van der Waals surface area (Å²) in [5.41, 5.74) is 20.8. The fourth-order valence-corrected chi connectivity index (χ4v) is 8.17. The lowest BCUT2D eigenvalue weighted by Crippen LogP contribution is -2.02. The molecule has 0 radical (unpaired) electrons. The quantitative estimate of drug-likeness (QED) is 0.128. The number of aromatic nitrogens is 2.